The molecule has 2 heterocycles. The summed E-state index contributed by atoms with van der Waals surface area (Å²) in [6.07, 6.45) is 2.41. The Morgan fingerprint density at radius 1 is 1.42 bits per heavy atom. The summed E-state index contributed by atoms with van der Waals surface area (Å²) in [6, 6.07) is 1.95. The van der Waals surface area contributed by atoms with E-state index >= 15 is 0 Å². The van der Waals surface area contributed by atoms with Crippen molar-refractivity contribution in [2.45, 2.75) is 37.3 Å². The average Bonchev–Trinajstić information content (AvgIpc) is 3.00. The third-order valence-corrected chi connectivity index (χ3v) is 5.95. The van der Waals surface area contributed by atoms with Crippen molar-refractivity contribution in [3.8, 4) is 0 Å². The van der Waals surface area contributed by atoms with Crippen LogP contribution in [0.2, 0.25) is 0 Å². The van der Waals surface area contributed by atoms with Crippen LogP contribution in [-0.4, -0.2) is 24.4 Å². The number of aryl methyl sites for hydroxylation is 1. The summed E-state index contributed by atoms with van der Waals surface area (Å²) in [5, 5.41) is 3.82. The van der Waals surface area contributed by atoms with Crippen LogP contribution in [0.3, 0.4) is 0 Å². The van der Waals surface area contributed by atoms with Crippen molar-refractivity contribution in [3.63, 3.8) is 0 Å². The number of nitrogens with zero attached hydrogens (tertiary/aromatic N) is 1. The van der Waals surface area contributed by atoms with E-state index in [2.05, 4.69) is 15.3 Å². The summed E-state index contributed by atoms with van der Waals surface area (Å²) in [6.45, 7) is 3.69. The third kappa shape index (κ3) is 4.42. The number of nitrogens with one attached hydrogen (secondary N) is 3. The fourth-order valence-corrected chi connectivity index (χ4v) is 3.94. The van der Waals surface area contributed by atoms with Crippen molar-refractivity contribution >= 4 is 33.3 Å². The molecular formula is C14H18N4O4S2. The molecule has 2 aromatic heterocycles. The second-order valence-electron chi connectivity index (χ2n) is 5.07. The summed E-state index contributed by atoms with van der Waals surface area (Å²) in [5.41, 5.74) is 0.727. The maximum atomic E-state index is 12.0. The Balaban J connectivity index is 2.11. The molecule has 0 saturated heterocycles. The first-order chi connectivity index (χ1) is 11.3. The van der Waals surface area contributed by atoms with Crippen LogP contribution in [0.25, 0.3) is 0 Å². The zero-order valence-corrected chi connectivity index (χ0v) is 14.9. The first-order valence-electron chi connectivity index (χ1n) is 7.30. The number of carbonyl (C=O) groups is 1. The predicted molar refractivity (Wildman–Crippen MR) is 91.9 cm³/mol. The highest BCUT2D eigenvalue weighted by Gasteiger charge is 2.19. The van der Waals surface area contributed by atoms with Crippen molar-refractivity contribution in [2.24, 2.45) is 0 Å². The first kappa shape index (κ1) is 18.1. The van der Waals surface area contributed by atoms with Gasteiger partial charge in [-0.05, 0) is 31.2 Å². The number of aromatic amines is 1. The van der Waals surface area contributed by atoms with Crippen LogP contribution in [0.1, 0.15) is 31.0 Å². The Hall–Kier alpha value is -2.20. The van der Waals surface area contributed by atoms with E-state index in [1.54, 1.807) is 18.4 Å². The molecule has 8 nitrogen and oxygen atoms in total. The molecule has 0 atom stereocenters. The van der Waals surface area contributed by atoms with Gasteiger partial charge in [0.25, 0.3) is 15.6 Å². The number of anilines is 1. The topological polar surface area (TPSA) is 121 Å². The Morgan fingerprint density at radius 2 is 2.17 bits per heavy atom. The molecule has 0 saturated carbocycles. The molecule has 0 radical (unpaired) electrons. The lowest BCUT2D eigenvalue weighted by Crippen LogP contribution is -2.35. The van der Waals surface area contributed by atoms with Gasteiger partial charge in [-0.1, -0.05) is 19.4 Å². The summed E-state index contributed by atoms with van der Waals surface area (Å²) in [4.78, 5) is 30.4. The Kier molecular flexibility index (Phi) is 5.73. The molecule has 0 aliphatic heterocycles. The van der Waals surface area contributed by atoms with Crippen molar-refractivity contribution in [1.82, 2.24) is 14.7 Å². The second-order valence-corrected chi connectivity index (χ2v) is 7.93. The summed E-state index contributed by atoms with van der Waals surface area (Å²) >= 11 is 0.989. The van der Waals surface area contributed by atoms with Crippen molar-refractivity contribution in [1.29, 1.82) is 0 Å². The van der Waals surface area contributed by atoms with Crippen molar-refractivity contribution in [2.75, 3.05) is 5.32 Å². The highest BCUT2D eigenvalue weighted by molar-refractivity contribution is 7.92. The van der Waals surface area contributed by atoms with Gasteiger partial charge >= 0.3 is 6.03 Å². The van der Waals surface area contributed by atoms with Crippen LogP contribution in [0.4, 0.5) is 10.7 Å². The van der Waals surface area contributed by atoms with E-state index in [9.17, 15) is 18.0 Å². The fourth-order valence-electron chi connectivity index (χ4n) is 2.04. The van der Waals surface area contributed by atoms with Gasteiger partial charge in [0.2, 0.25) is 5.95 Å². The molecule has 2 rings (SSSR count). The minimum absolute atomic E-state index is 0.0187. The van der Waals surface area contributed by atoms with E-state index < -0.39 is 16.1 Å². The lowest BCUT2D eigenvalue weighted by atomic mass is 10.1. The average molecular weight is 370 g/mol. The lowest BCUT2D eigenvalue weighted by molar-refractivity contribution is 0.256. The van der Waals surface area contributed by atoms with Gasteiger partial charge in [-0.15, -0.1) is 11.3 Å². The van der Waals surface area contributed by atoms with E-state index in [4.69, 9.17) is 0 Å². The zero-order valence-electron chi connectivity index (χ0n) is 13.3. The predicted octanol–water partition coefficient (Wildman–Crippen LogP) is 1.99. The summed E-state index contributed by atoms with van der Waals surface area (Å²) in [5.74, 6) is -0.100. The van der Waals surface area contributed by atoms with Crippen LogP contribution < -0.4 is 15.6 Å². The molecule has 0 unspecified atom stereocenters. The Labute approximate surface area is 143 Å². The lowest BCUT2D eigenvalue weighted by Gasteiger charge is -2.09. The van der Waals surface area contributed by atoms with Gasteiger partial charge in [-0.2, -0.15) is 0 Å². The van der Waals surface area contributed by atoms with E-state index in [-0.39, 0.29) is 15.7 Å². The van der Waals surface area contributed by atoms with E-state index in [0.29, 0.717) is 17.7 Å². The Morgan fingerprint density at radius 3 is 2.75 bits per heavy atom. The van der Waals surface area contributed by atoms with Gasteiger partial charge in [-0.3, -0.25) is 15.1 Å². The molecule has 130 valence electrons. The number of hydrogen-bond acceptors (Lipinski definition) is 6. The van der Waals surface area contributed by atoms with E-state index in [1.807, 2.05) is 11.6 Å². The number of H-pyrrole nitrogens is 1. The molecule has 10 heteroatoms. The van der Waals surface area contributed by atoms with Crippen molar-refractivity contribution in [3.05, 3.63) is 39.1 Å². The number of carbonyl (C=O) groups excluding carboxylic acids is 1. The molecule has 0 aliphatic rings. The molecule has 0 spiro atoms. The van der Waals surface area contributed by atoms with Gasteiger partial charge in [0.1, 0.15) is 4.21 Å². The second kappa shape index (κ2) is 7.58. The molecule has 0 bridgehead atoms. The number of amides is 2. The maximum absolute atomic E-state index is 12.0. The third-order valence-electron chi connectivity index (χ3n) is 3.22. The zero-order chi connectivity index (χ0) is 17.7. The SMILES string of the molecule is CCCCc1c(C)nc(NC(=O)NS(=O)(=O)c2cccs2)[nH]c1=O. The van der Waals surface area contributed by atoms with Crippen LogP contribution in [0.15, 0.2) is 26.5 Å². The number of unbranched alkanes of at least 4 members (excludes halogenated alkanes) is 1. The fraction of sp³-hybridized carbons (Fsp3) is 0.357. The molecule has 24 heavy (non-hydrogen) atoms. The minimum atomic E-state index is -3.94. The standard InChI is InChI=1S/C14H18N4O4S2/c1-3-4-6-10-9(2)15-13(16-12(10)19)17-14(20)18-24(21,22)11-7-5-8-23-11/h5,7-8H,3-4,6H2,1-2H3,(H3,15,16,17,18,19,20). The van der Waals surface area contributed by atoms with Gasteiger partial charge in [0.05, 0.1) is 0 Å². The van der Waals surface area contributed by atoms with Crippen molar-refractivity contribution < 1.29 is 13.2 Å². The quantitative estimate of drug-likeness (QED) is 0.718. The number of rotatable bonds is 6. The van der Waals surface area contributed by atoms with Crippen LogP contribution in [0, 0.1) is 6.92 Å². The molecular weight excluding hydrogens is 352 g/mol. The van der Waals surface area contributed by atoms with Gasteiger partial charge in [0, 0.05) is 11.3 Å². The van der Waals surface area contributed by atoms with Crippen LogP contribution in [-0.2, 0) is 16.4 Å². The van der Waals surface area contributed by atoms with Crippen LogP contribution in [0.5, 0.6) is 0 Å². The number of thiophene rings is 1. The highest BCUT2D eigenvalue weighted by Crippen LogP contribution is 2.15. The molecule has 2 aromatic rings. The largest absolute Gasteiger partial charge is 0.335 e. The molecule has 0 fully saturated rings. The van der Waals surface area contributed by atoms with Gasteiger partial charge in [0.15, 0.2) is 0 Å². The molecule has 3 N–H and O–H groups in total. The highest BCUT2D eigenvalue weighted by atomic mass is 32.2. The number of urea groups is 1. The molecule has 0 aromatic carbocycles. The number of hydrogen-bond donors (Lipinski definition) is 3. The number of sulfonamides is 1. The smallest absolute Gasteiger partial charge is 0.292 e. The van der Waals surface area contributed by atoms with Crippen LogP contribution >= 0.6 is 11.3 Å². The number of aromatic nitrogens is 2. The monoisotopic (exact) mass is 370 g/mol. The normalized spacial score (nSPS) is 11.2. The first-order valence-corrected chi connectivity index (χ1v) is 9.67. The summed E-state index contributed by atoms with van der Waals surface area (Å²) < 4.78 is 25.8. The van der Waals surface area contributed by atoms with Gasteiger partial charge < -0.3 is 0 Å². The van der Waals surface area contributed by atoms with E-state index in [0.717, 1.165) is 24.2 Å². The van der Waals surface area contributed by atoms with E-state index in [1.165, 1.54) is 6.07 Å². The maximum Gasteiger partial charge on any atom is 0.335 e. The molecule has 0 aliphatic carbocycles. The summed E-state index contributed by atoms with van der Waals surface area (Å²) in [7, 11) is -3.94. The Bertz CT molecular complexity index is 873. The minimum Gasteiger partial charge on any atom is -0.292 e. The molecule has 2 amide bonds. The van der Waals surface area contributed by atoms with Gasteiger partial charge in [-0.25, -0.2) is 22.9 Å².